The third-order valence-electron chi connectivity index (χ3n) is 6.73. The van der Waals surface area contributed by atoms with E-state index in [1.807, 2.05) is 23.4 Å². The number of hydrogen-bond acceptors (Lipinski definition) is 6. The predicted octanol–water partition coefficient (Wildman–Crippen LogP) is 2.60. The van der Waals surface area contributed by atoms with Crippen LogP contribution in [-0.4, -0.2) is 59.5 Å². The van der Waals surface area contributed by atoms with Crippen molar-refractivity contribution in [1.29, 1.82) is 0 Å². The van der Waals surface area contributed by atoms with E-state index in [9.17, 15) is 9.59 Å². The van der Waals surface area contributed by atoms with E-state index in [2.05, 4.69) is 5.32 Å². The Bertz CT molecular complexity index is 767. The molecule has 1 aromatic heterocycles. The third kappa shape index (κ3) is 4.69. The van der Waals surface area contributed by atoms with Crippen LogP contribution in [0.2, 0.25) is 0 Å². The van der Waals surface area contributed by atoms with E-state index < -0.39 is 0 Å². The lowest BCUT2D eigenvalue weighted by Gasteiger charge is -2.36. The molecule has 0 saturated carbocycles. The monoisotopic (exact) mass is 435 g/mol. The molecule has 1 N–H and O–H groups in total. The van der Waals surface area contributed by atoms with Gasteiger partial charge in [-0.25, -0.2) is 0 Å². The van der Waals surface area contributed by atoms with Gasteiger partial charge in [0.2, 0.25) is 0 Å². The van der Waals surface area contributed by atoms with Crippen LogP contribution in [0.3, 0.4) is 0 Å². The van der Waals surface area contributed by atoms with Gasteiger partial charge in [-0.15, -0.1) is 0 Å². The first-order valence-electron chi connectivity index (χ1n) is 11.3. The third-order valence-corrected chi connectivity index (χ3v) is 7.78. The van der Waals surface area contributed by atoms with Crippen LogP contribution in [0.1, 0.15) is 60.8 Å². The van der Waals surface area contributed by atoms with Gasteiger partial charge in [-0.1, -0.05) is 0 Å². The Kier molecular flexibility index (Phi) is 7.03. The molecule has 0 aromatic carbocycles. The summed E-state index contributed by atoms with van der Waals surface area (Å²) < 4.78 is 13.0. The molecule has 0 atom stereocenters. The number of ether oxygens (including phenoxy) is 2. The smallest absolute Gasteiger partial charge is 0.308 e. The molecule has 3 aliphatic rings. The topological polar surface area (TPSA) is 82.5 Å². The first kappa shape index (κ1) is 21.7. The minimum atomic E-state index is -0.0475. The number of nitrogens with one attached hydrogen (secondary N) is 1. The predicted molar refractivity (Wildman–Crippen MR) is 116 cm³/mol. The molecule has 2 saturated heterocycles. The standard InChI is InChI=1S/C22H33N3O4S/c1-2-25-19-17(14-22(15-23-20(19)26)7-10-28-11-8-22)18(24-25)4-3-9-29-21(27)16-5-12-30-13-6-16/h16H,2-15H2,1H3,(H,23,26). The Morgan fingerprint density at radius 2 is 2.10 bits per heavy atom. The highest BCUT2D eigenvalue weighted by molar-refractivity contribution is 7.99. The van der Waals surface area contributed by atoms with Crippen molar-refractivity contribution in [3.8, 4) is 0 Å². The molecule has 3 aliphatic heterocycles. The quantitative estimate of drug-likeness (QED) is 0.546. The molecule has 0 unspecified atom stereocenters. The second-order valence-corrected chi connectivity index (χ2v) is 9.94. The van der Waals surface area contributed by atoms with Gasteiger partial charge in [0, 0.05) is 31.9 Å². The number of esters is 1. The molecule has 30 heavy (non-hydrogen) atoms. The average molecular weight is 436 g/mol. The molecule has 0 radical (unpaired) electrons. The van der Waals surface area contributed by atoms with Gasteiger partial charge in [0.15, 0.2) is 0 Å². The highest BCUT2D eigenvalue weighted by Crippen LogP contribution is 2.37. The summed E-state index contributed by atoms with van der Waals surface area (Å²) in [6.07, 6.45) is 6.10. The van der Waals surface area contributed by atoms with Crippen molar-refractivity contribution in [2.24, 2.45) is 11.3 Å². The van der Waals surface area contributed by atoms with Crippen LogP contribution in [0.25, 0.3) is 0 Å². The van der Waals surface area contributed by atoms with E-state index in [-0.39, 0.29) is 23.2 Å². The van der Waals surface area contributed by atoms with Crippen LogP contribution < -0.4 is 5.32 Å². The molecule has 4 rings (SSSR count). The number of carbonyl (C=O) groups is 2. The number of aromatic nitrogens is 2. The maximum atomic E-state index is 12.8. The van der Waals surface area contributed by atoms with Crippen LogP contribution >= 0.6 is 11.8 Å². The number of carbonyl (C=O) groups excluding carboxylic acids is 2. The van der Waals surface area contributed by atoms with Crippen molar-refractivity contribution in [3.05, 3.63) is 17.0 Å². The molecule has 2 fully saturated rings. The first-order chi connectivity index (χ1) is 14.6. The first-order valence-corrected chi connectivity index (χ1v) is 12.5. The van der Waals surface area contributed by atoms with E-state index in [0.29, 0.717) is 25.4 Å². The summed E-state index contributed by atoms with van der Waals surface area (Å²) in [5, 5.41) is 7.91. The van der Waals surface area contributed by atoms with Gasteiger partial charge in [-0.3, -0.25) is 14.3 Å². The Morgan fingerprint density at radius 3 is 2.83 bits per heavy atom. The molecule has 166 valence electrons. The SMILES string of the molecule is CCn1nc(CCCOC(=O)C2CCSCC2)c2c1C(=O)NCC1(CCOCC1)C2. The van der Waals surface area contributed by atoms with Crippen molar-refractivity contribution < 1.29 is 19.1 Å². The molecule has 1 amide bonds. The number of aryl methyl sites for hydroxylation is 2. The minimum absolute atomic E-state index is 0.0180. The van der Waals surface area contributed by atoms with Gasteiger partial charge < -0.3 is 14.8 Å². The van der Waals surface area contributed by atoms with Gasteiger partial charge in [-0.2, -0.15) is 16.9 Å². The molecule has 0 aliphatic carbocycles. The van der Waals surface area contributed by atoms with Gasteiger partial charge in [0.1, 0.15) is 5.69 Å². The fourth-order valence-electron chi connectivity index (χ4n) is 4.83. The molecule has 7 nitrogen and oxygen atoms in total. The lowest BCUT2D eigenvalue weighted by Crippen LogP contribution is -2.40. The van der Waals surface area contributed by atoms with Crippen LogP contribution in [0, 0.1) is 11.3 Å². The maximum Gasteiger partial charge on any atom is 0.308 e. The number of nitrogens with zero attached hydrogens (tertiary/aromatic N) is 2. The van der Waals surface area contributed by atoms with Crippen molar-refractivity contribution in [2.45, 2.75) is 58.4 Å². The number of thioether (sulfide) groups is 1. The summed E-state index contributed by atoms with van der Waals surface area (Å²) in [6.45, 7) is 5.30. The summed E-state index contributed by atoms with van der Waals surface area (Å²) >= 11 is 1.91. The van der Waals surface area contributed by atoms with E-state index in [4.69, 9.17) is 14.6 Å². The maximum absolute atomic E-state index is 12.8. The largest absolute Gasteiger partial charge is 0.465 e. The number of fused-ring (bicyclic) bond motifs is 1. The van der Waals surface area contributed by atoms with E-state index >= 15 is 0 Å². The van der Waals surface area contributed by atoms with Gasteiger partial charge in [0.05, 0.1) is 18.2 Å². The number of amides is 1. The zero-order valence-electron chi connectivity index (χ0n) is 17.9. The van der Waals surface area contributed by atoms with Crippen LogP contribution in [-0.2, 0) is 33.7 Å². The summed E-state index contributed by atoms with van der Waals surface area (Å²) in [4.78, 5) is 25.1. The van der Waals surface area contributed by atoms with E-state index in [1.54, 1.807) is 0 Å². The Labute approximate surface area is 182 Å². The molecule has 1 spiro atoms. The lowest BCUT2D eigenvalue weighted by atomic mass is 9.75. The highest BCUT2D eigenvalue weighted by Gasteiger charge is 2.39. The highest BCUT2D eigenvalue weighted by atomic mass is 32.2. The second kappa shape index (κ2) is 9.73. The summed E-state index contributed by atoms with van der Waals surface area (Å²) in [6, 6.07) is 0. The van der Waals surface area contributed by atoms with Crippen molar-refractivity contribution in [2.75, 3.05) is 37.9 Å². The Balaban J connectivity index is 1.42. The van der Waals surface area contributed by atoms with E-state index in [1.165, 1.54) is 0 Å². The Morgan fingerprint density at radius 1 is 1.33 bits per heavy atom. The lowest BCUT2D eigenvalue weighted by molar-refractivity contribution is -0.148. The van der Waals surface area contributed by atoms with Gasteiger partial charge in [-0.05, 0) is 68.8 Å². The van der Waals surface area contributed by atoms with Crippen molar-refractivity contribution in [1.82, 2.24) is 15.1 Å². The van der Waals surface area contributed by atoms with Crippen molar-refractivity contribution >= 4 is 23.6 Å². The second-order valence-electron chi connectivity index (χ2n) is 8.72. The van der Waals surface area contributed by atoms with Gasteiger partial charge >= 0.3 is 5.97 Å². The number of rotatable bonds is 6. The molecule has 4 heterocycles. The fourth-order valence-corrected chi connectivity index (χ4v) is 5.94. The fraction of sp³-hybridized carbons (Fsp3) is 0.773. The zero-order chi connectivity index (χ0) is 21.0. The molecular weight excluding hydrogens is 402 g/mol. The average Bonchev–Trinajstić information content (AvgIpc) is 3.06. The normalized spacial score (nSPS) is 21.7. The van der Waals surface area contributed by atoms with Crippen LogP contribution in [0.5, 0.6) is 0 Å². The van der Waals surface area contributed by atoms with Gasteiger partial charge in [0.25, 0.3) is 5.91 Å². The van der Waals surface area contributed by atoms with E-state index in [0.717, 1.165) is 80.9 Å². The molecule has 8 heteroatoms. The van der Waals surface area contributed by atoms with Crippen LogP contribution in [0.15, 0.2) is 0 Å². The summed E-state index contributed by atoms with van der Waals surface area (Å²) in [5.41, 5.74) is 2.85. The van der Waals surface area contributed by atoms with Crippen molar-refractivity contribution in [3.63, 3.8) is 0 Å². The summed E-state index contributed by atoms with van der Waals surface area (Å²) in [7, 11) is 0. The number of hydrogen-bond donors (Lipinski definition) is 1. The molecule has 1 aromatic rings. The summed E-state index contributed by atoms with van der Waals surface area (Å²) in [5.74, 6) is 2.10. The minimum Gasteiger partial charge on any atom is -0.465 e. The molecular formula is C22H33N3O4S. The zero-order valence-corrected chi connectivity index (χ0v) is 18.7. The Hall–Kier alpha value is -1.54. The van der Waals surface area contributed by atoms with Crippen LogP contribution in [0.4, 0.5) is 0 Å². The molecule has 0 bridgehead atoms.